The van der Waals surface area contributed by atoms with Gasteiger partial charge in [0.15, 0.2) is 0 Å². The third kappa shape index (κ3) is 12.3. The number of rotatable bonds is 17. The molecule has 2 amide bonds. The van der Waals surface area contributed by atoms with Gasteiger partial charge in [0.1, 0.15) is 5.75 Å². The van der Waals surface area contributed by atoms with Gasteiger partial charge in [-0.3, -0.25) is 0 Å². The van der Waals surface area contributed by atoms with Crippen LogP contribution in [-0.2, 0) is 6.61 Å². The lowest BCUT2D eigenvalue weighted by Gasteiger charge is -2.10. The molecule has 2 aromatic carbocycles. The Hall–Kier alpha value is -2.53. The van der Waals surface area contributed by atoms with Crippen molar-refractivity contribution < 1.29 is 14.6 Å². The summed E-state index contributed by atoms with van der Waals surface area (Å²) < 4.78 is 5.83. The quantitative estimate of drug-likeness (QED) is 0.213. The second kappa shape index (κ2) is 17.0. The Bertz CT molecular complexity index is 777. The van der Waals surface area contributed by atoms with Crippen LogP contribution in [0.1, 0.15) is 89.5 Å². The first kappa shape index (κ1) is 26.7. The summed E-state index contributed by atoms with van der Waals surface area (Å²) in [5, 5.41) is 14.8. The van der Waals surface area contributed by atoms with Crippen LogP contribution >= 0.6 is 0 Å². The van der Waals surface area contributed by atoms with Crippen molar-refractivity contribution in [2.24, 2.45) is 0 Å². The molecule has 0 saturated carbocycles. The fourth-order valence-corrected chi connectivity index (χ4v) is 3.81. The number of unbranched alkanes of at least 4 members (excludes halogenated alkanes) is 11. The van der Waals surface area contributed by atoms with E-state index in [1.165, 1.54) is 70.6 Å². The molecule has 0 spiro atoms. The SMILES string of the molecule is CCCCCCCCCCCCCCOc1ccc(NC(=O)Nc2cccc(CO)c2)cc1. The Morgan fingerprint density at radius 2 is 1.33 bits per heavy atom. The maximum absolute atomic E-state index is 12.2. The number of urea groups is 1. The highest BCUT2D eigenvalue weighted by Gasteiger charge is 2.04. The van der Waals surface area contributed by atoms with Gasteiger partial charge in [0, 0.05) is 11.4 Å². The summed E-state index contributed by atoms with van der Waals surface area (Å²) in [6.07, 6.45) is 16.0. The molecule has 0 radical (unpaired) electrons. The number of ether oxygens (including phenoxy) is 1. The van der Waals surface area contributed by atoms with Crippen LogP contribution in [0.3, 0.4) is 0 Å². The van der Waals surface area contributed by atoms with E-state index in [1.54, 1.807) is 24.3 Å². The number of nitrogens with one attached hydrogen (secondary N) is 2. The van der Waals surface area contributed by atoms with Crippen molar-refractivity contribution in [2.45, 2.75) is 90.6 Å². The molecular weight excluding hydrogens is 412 g/mol. The Labute approximate surface area is 199 Å². The molecule has 2 rings (SSSR count). The number of carbonyl (C=O) groups excluding carboxylic acids is 1. The number of benzene rings is 2. The molecule has 0 unspecified atom stereocenters. The summed E-state index contributed by atoms with van der Waals surface area (Å²) in [7, 11) is 0. The summed E-state index contributed by atoms with van der Waals surface area (Å²) in [5.41, 5.74) is 2.09. The zero-order chi connectivity index (χ0) is 23.6. The van der Waals surface area contributed by atoms with Crippen LogP contribution in [0.4, 0.5) is 16.2 Å². The van der Waals surface area contributed by atoms with E-state index in [0.29, 0.717) is 11.4 Å². The molecule has 3 N–H and O–H groups in total. The fourth-order valence-electron chi connectivity index (χ4n) is 3.81. The Morgan fingerprint density at radius 3 is 1.94 bits per heavy atom. The molecule has 0 atom stereocenters. The highest BCUT2D eigenvalue weighted by molar-refractivity contribution is 5.99. The van der Waals surface area contributed by atoms with E-state index in [1.807, 2.05) is 24.3 Å². The summed E-state index contributed by atoms with van der Waals surface area (Å²) in [5.74, 6) is 0.819. The van der Waals surface area contributed by atoms with Gasteiger partial charge in [0.2, 0.25) is 0 Å². The first-order valence-electron chi connectivity index (χ1n) is 12.7. The van der Waals surface area contributed by atoms with E-state index in [9.17, 15) is 9.90 Å². The molecule has 5 heteroatoms. The number of anilines is 2. The van der Waals surface area contributed by atoms with Gasteiger partial charge in [-0.05, 0) is 48.4 Å². The fraction of sp³-hybridized carbons (Fsp3) is 0.536. The average Bonchev–Trinajstić information content (AvgIpc) is 2.83. The van der Waals surface area contributed by atoms with Crippen molar-refractivity contribution in [3.63, 3.8) is 0 Å². The molecule has 0 heterocycles. The van der Waals surface area contributed by atoms with Crippen molar-refractivity contribution in [1.29, 1.82) is 0 Å². The van der Waals surface area contributed by atoms with Crippen molar-refractivity contribution in [3.05, 3.63) is 54.1 Å². The third-order valence-electron chi connectivity index (χ3n) is 5.75. The van der Waals surface area contributed by atoms with E-state index < -0.39 is 0 Å². The number of aliphatic hydroxyl groups excluding tert-OH is 1. The molecular formula is C28H42N2O3. The first-order valence-corrected chi connectivity index (χ1v) is 12.7. The van der Waals surface area contributed by atoms with Gasteiger partial charge in [-0.1, -0.05) is 89.7 Å². The molecule has 0 bridgehead atoms. The lowest BCUT2D eigenvalue weighted by molar-refractivity contribution is 0.262. The highest BCUT2D eigenvalue weighted by Crippen LogP contribution is 2.18. The van der Waals surface area contributed by atoms with Crippen LogP contribution in [0.5, 0.6) is 5.75 Å². The summed E-state index contributed by atoms with van der Waals surface area (Å²) in [4.78, 5) is 12.2. The Morgan fingerprint density at radius 1 is 0.758 bits per heavy atom. The number of hydrogen-bond donors (Lipinski definition) is 3. The van der Waals surface area contributed by atoms with Crippen LogP contribution < -0.4 is 15.4 Å². The molecule has 0 fully saturated rings. The minimum absolute atomic E-state index is 0.0577. The van der Waals surface area contributed by atoms with Gasteiger partial charge < -0.3 is 20.5 Å². The van der Waals surface area contributed by atoms with Crippen LogP contribution in [0.15, 0.2) is 48.5 Å². The van der Waals surface area contributed by atoms with Crippen molar-refractivity contribution in [2.75, 3.05) is 17.2 Å². The van der Waals surface area contributed by atoms with Crippen molar-refractivity contribution in [1.82, 2.24) is 0 Å². The second-order valence-corrected chi connectivity index (χ2v) is 8.70. The molecule has 0 aliphatic heterocycles. The topological polar surface area (TPSA) is 70.6 Å². The molecule has 5 nitrogen and oxygen atoms in total. The standard InChI is InChI=1S/C28H42N2O3/c1-2-3-4-5-6-7-8-9-10-11-12-13-21-33-27-19-17-25(18-20-27)29-28(32)30-26-16-14-15-24(22-26)23-31/h14-20,22,31H,2-13,21,23H2,1H3,(H2,29,30,32). The minimum Gasteiger partial charge on any atom is -0.494 e. The minimum atomic E-state index is -0.324. The zero-order valence-corrected chi connectivity index (χ0v) is 20.3. The van der Waals surface area contributed by atoms with Gasteiger partial charge in [-0.25, -0.2) is 4.79 Å². The predicted molar refractivity (Wildman–Crippen MR) is 138 cm³/mol. The van der Waals surface area contributed by atoms with Crippen molar-refractivity contribution >= 4 is 17.4 Å². The molecule has 182 valence electrons. The lowest BCUT2D eigenvalue weighted by Crippen LogP contribution is -2.19. The van der Waals surface area contributed by atoms with E-state index in [4.69, 9.17) is 4.74 Å². The van der Waals surface area contributed by atoms with E-state index in [-0.39, 0.29) is 12.6 Å². The number of aliphatic hydroxyl groups is 1. The van der Waals surface area contributed by atoms with Crippen LogP contribution in [0.2, 0.25) is 0 Å². The van der Waals surface area contributed by atoms with Crippen molar-refractivity contribution in [3.8, 4) is 5.75 Å². The average molecular weight is 455 g/mol. The zero-order valence-electron chi connectivity index (χ0n) is 20.3. The smallest absolute Gasteiger partial charge is 0.323 e. The molecule has 0 aliphatic carbocycles. The van der Waals surface area contributed by atoms with Gasteiger partial charge in [0.05, 0.1) is 13.2 Å². The largest absolute Gasteiger partial charge is 0.494 e. The molecule has 0 aliphatic rings. The molecule has 33 heavy (non-hydrogen) atoms. The Kier molecular flexibility index (Phi) is 13.8. The number of hydrogen-bond acceptors (Lipinski definition) is 3. The molecule has 0 saturated heterocycles. The van der Waals surface area contributed by atoms with Gasteiger partial charge in [0.25, 0.3) is 0 Å². The van der Waals surface area contributed by atoms with Crippen LogP contribution in [0.25, 0.3) is 0 Å². The summed E-state index contributed by atoms with van der Waals surface area (Å²) >= 11 is 0. The summed E-state index contributed by atoms with van der Waals surface area (Å²) in [6, 6.07) is 14.2. The number of amides is 2. The number of carbonyl (C=O) groups is 1. The maximum atomic E-state index is 12.2. The maximum Gasteiger partial charge on any atom is 0.323 e. The summed E-state index contributed by atoms with van der Waals surface area (Å²) in [6.45, 7) is 2.94. The highest BCUT2D eigenvalue weighted by atomic mass is 16.5. The van der Waals surface area contributed by atoms with Gasteiger partial charge in [-0.15, -0.1) is 0 Å². The predicted octanol–water partition coefficient (Wildman–Crippen LogP) is 7.90. The molecule has 0 aromatic heterocycles. The lowest BCUT2D eigenvalue weighted by atomic mass is 10.1. The normalized spacial score (nSPS) is 10.7. The monoisotopic (exact) mass is 454 g/mol. The van der Waals surface area contributed by atoms with Gasteiger partial charge >= 0.3 is 6.03 Å². The Balaban J connectivity index is 1.51. The second-order valence-electron chi connectivity index (χ2n) is 8.70. The van der Waals surface area contributed by atoms with Gasteiger partial charge in [-0.2, -0.15) is 0 Å². The van der Waals surface area contributed by atoms with E-state index in [2.05, 4.69) is 17.6 Å². The van der Waals surface area contributed by atoms with E-state index in [0.717, 1.165) is 24.3 Å². The molecule has 2 aromatic rings. The third-order valence-corrected chi connectivity index (χ3v) is 5.75. The van der Waals surface area contributed by atoms with Crippen LogP contribution in [0, 0.1) is 0 Å². The first-order chi connectivity index (χ1) is 16.2. The van der Waals surface area contributed by atoms with Crippen LogP contribution in [-0.4, -0.2) is 17.7 Å². The van der Waals surface area contributed by atoms with E-state index >= 15 is 0 Å².